The number of nitrogens with zero attached hydrogens (tertiary/aromatic N) is 2. The SMILES string of the molecule is Cc1c(N(CC(=O)NCCCc2ccccc2)S(C)(=O)=O)cccc1[N+](=O)[O-]. The Kier molecular flexibility index (Phi) is 7.11. The highest BCUT2D eigenvalue weighted by atomic mass is 32.2. The van der Waals surface area contributed by atoms with E-state index >= 15 is 0 Å². The lowest BCUT2D eigenvalue weighted by Crippen LogP contribution is -2.41. The first-order valence-electron chi connectivity index (χ1n) is 8.72. The third-order valence-corrected chi connectivity index (χ3v) is 5.36. The molecule has 8 nitrogen and oxygen atoms in total. The number of aryl methyl sites for hydroxylation is 1. The fourth-order valence-corrected chi connectivity index (χ4v) is 3.72. The van der Waals surface area contributed by atoms with Crippen molar-refractivity contribution in [2.45, 2.75) is 19.8 Å². The second kappa shape index (κ2) is 9.32. The van der Waals surface area contributed by atoms with Gasteiger partial charge < -0.3 is 5.32 Å². The maximum absolute atomic E-state index is 12.3. The molecule has 0 saturated heterocycles. The molecule has 1 N–H and O–H groups in total. The van der Waals surface area contributed by atoms with Crippen molar-refractivity contribution in [2.24, 2.45) is 0 Å². The minimum absolute atomic E-state index is 0.121. The van der Waals surface area contributed by atoms with Gasteiger partial charge in [-0.25, -0.2) is 8.42 Å². The van der Waals surface area contributed by atoms with Gasteiger partial charge in [0.05, 0.1) is 22.4 Å². The van der Waals surface area contributed by atoms with Crippen LogP contribution in [0.1, 0.15) is 17.5 Å². The molecule has 2 aromatic carbocycles. The quantitative estimate of drug-likeness (QED) is 0.391. The van der Waals surface area contributed by atoms with Crippen molar-refractivity contribution in [2.75, 3.05) is 23.7 Å². The first-order valence-corrected chi connectivity index (χ1v) is 10.6. The molecule has 28 heavy (non-hydrogen) atoms. The Balaban J connectivity index is 2.04. The van der Waals surface area contributed by atoms with Gasteiger partial charge >= 0.3 is 0 Å². The van der Waals surface area contributed by atoms with Crippen LogP contribution in [0.25, 0.3) is 0 Å². The molecular formula is C19H23N3O5S. The largest absolute Gasteiger partial charge is 0.355 e. The first kappa shape index (κ1) is 21.4. The Morgan fingerprint density at radius 1 is 1.14 bits per heavy atom. The lowest BCUT2D eigenvalue weighted by molar-refractivity contribution is -0.385. The molecule has 0 aromatic heterocycles. The van der Waals surface area contributed by atoms with Crippen LogP contribution < -0.4 is 9.62 Å². The normalized spacial score (nSPS) is 11.1. The van der Waals surface area contributed by atoms with Crippen molar-refractivity contribution in [3.63, 3.8) is 0 Å². The van der Waals surface area contributed by atoms with Crippen LogP contribution in [0, 0.1) is 17.0 Å². The third-order valence-electron chi connectivity index (χ3n) is 4.24. The van der Waals surface area contributed by atoms with E-state index in [0.29, 0.717) is 13.0 Å². The molecule has 0 aliphatic carbocycles. The second-order valence-corrected chi connectivity index (χ2v) is 8.29. The standard InChI is InChI=1S/C19H23N3O5S/c1-15-17(11-6-12-18(15)22(24)25)21(28(2,26)27)14-19(23)20-13-7-10-16-8-4-3-5-9-16/h3-6,8-9,11-12H,7,10,13-14H2,1-2H3,(H,20,23). The molecule has 0 fully saturated rings. The smallest absolute Gasteiger partial charge is 0.274 e. The molecule has 0 spiro atoms. The molecule has 9 heteroatoms. The highest BCUT2D eigenvalue weighted by Crippen LogP contribution is 2.29. The summed E-state index contributed by atoms with van der Waals surface area (Å²) in [5.74, 6) is -0.468. The monoisotopic (exact) mass is 405 g/mol. The highest BCUT2D eigenvalue weighted by molar-refractivity contribution is 7.92. The van der Waals surface area contributed by atoms with Crippen molar-refractivity contribution in [3.8, 4) is 0 Å². The van der Waals surface area contributed by atoms with E-state index in [9.17, 15) is 23.3 Å². The van der Waals surface area contributed by atoms with Gasteiger partial charge in [-0.05, 0) is 31.4 Å². The molecule has 0 radical (unpaired) electrons. The fourth-order valence-electron chi connectivity index (χ4n) is 2.81. The van der Waals surface area contributed by atoms with Crippen molar-refractivity contribution in [1.29, 1.82) is 0 Å². The zero-order chi connectivity index (χ0) is 20.7. The Morgan fingerprint density at radius 3 is 2.43 bits per heavy atom. The van der Waals surface area contributed by atoms with Gasteiger partial charge in [0.15, 0.2) is 0 Å². The van der Waals surface area contributed by atoms with E-state index in [4.69, 9.17) is 0 Å². The molecule has 0 aliphatic heterocycles. The molecule has 0 saturated carbocycles. The molecule has 0 atom stereocenters. The minimum Gasteiger partial charge on any atom is -0.355 e. The van der Waals surface area contributed by atoms with E-state index in [1.165, 1.54) is 25.1 Å². The van der Waals surface area contributed by atoms with E-state index in [1.54, 1.807) is 0 Å². The number of carbonyl (C=O) groups is 1. The van der Waals surface area contributed by atoms with Crippen LogP contribution in [-0.2, 0) is 21.2 Å². The van der Waals surface area contributed by atoms with Crippen LogP contribution in [-0.4, -0.2) is 38.6 Å². The minimum atomic E-state index is -3.80. The number of benzene rings is 2. The summed E-state index contributed by atoms with van der Waals surface area (Å²) in [6, 6.07) is 14.0. The van der Waals surface area contributed by atoms with Crippen molar-refractivity contribution in [3.05, 3.63) is 69.8 Å². The number of nitro groups is 1. The van der Waals surface area contributed by atoms with E-state index in [-0.39, 0.29) is 16.9 Å². The van der Waals surface area contributed by atoms with Crippen molar-refractivity contribution in [1.82, 2.24) is 5.32 Å². The summed E-state index contributed by atoms with van der Waals surface area (Å²) >= 11 is 0. The number of hydrogen-bond donors (Lipinski definition) is 1. The topological polar surface area (TPSA) is 110 Å². The van der Waals surface area contributed by atoms with Crippen LogP contribution in [0.15, 0.2) is 48.5 Å². The lowest BCUT2D eigenvalue weighted by atomic mass is 10.1. The Bertz CT molecular complexity index is 945. The summed E-state index contributed by atoms with van der Waals surface area (Å²) in [6.07, 6.45) is 2.47. The maximum Gasteiger partial charge on any atom is 0.274 e. The van der Waals surface area contributed by atoms with Crippen LogP contribution in [0.4, 0.5) is 11.4 Å². The number of amides is 1. The van der Waals surface area contributed by atoms with Crippen LogP contribution in [0.2, 0.25) is 0 Å². The summed E-state index contributed by atoms with van der Waals surface area (Å²) in [7, 11) is -3.80. The van der Waals surface area contributed by atoms with Gasteiger partial charge in [-0.15, -0.1) is 0 Å². The Morgan fingerprint density at radius 2 is 1.82 bits per heavy atom. The molecule has 1 amide bonds. The van der Waals surface area contributed by atoms with E-state index in [1.807, 2.05) is 30.3 Å². The lowest BCUT2D eigenvalue weighted by Gasteiger charge is -2.23. The molecular weight excluding hydrogens is 382 g/mol. The van der Waals surface area contributed by atoms with Crippen LogP contribution in [0.5, 0.6) is 0 Å². The summed E-state index contributed by atoms with van der Waals surface area (Å²) < 4.78 is 25.3. The zero-order valence-electron chi connectivity index (χ0n) is 15.8. The second-order valence-electron chi connectivity index (χ2n) is 6.39. The van der Waals surface area contributed by atoms with Gasteiger partial charge in [-0.1, -0.05) is 36.4 Å². The van der Waals surface area contributed by atoms with Crippen LogP contribution in [0.3, 0.4) is 0 Å². The third kappa shape index (κ3) is 5.78. The molecule has 2 rings (SSSR count). The average Bonchev–Trinajstić information content (AvgIpc) is 2.63. The summed E-state index contributed by atoms with van der Waals surface area (Å²) in [5, 5.41) is 13.8. The summed E-state index contributed by atoms with van der Waals surface area (Å²) in [4.78, 5) is 22.8. The van der Waals surface area contributed by atoms with Crippen LogP contribution >= 0.6 is 0 Å². The van der Waals surface area contributed by atoms with Gasteiger partial charge in [0.1, 0.15) is 6.54 Å². The van der Waals surface area contributed by atoms with Gasteiger partial charge in [0.2, 0.25) is 15.9 Å². The molecule has 2 aromatic rings. The van der Waals surface area contributed by atoms with Gasteiger partial charge in [-0.3, -0.25) is 19.2 Å². The van der Waals surface area contributed by atoms with E-state index in [2.05, 4.69) is 5.32 Å². The predicted molar refractivity (Wildman–Crippen MR) is 108 cm³/mol. The predicted octanol–water partition coefficient (Wildman–Crippen LogP) is 2.42. The number of hydrogen-bond acceptors (Lipinski definition) is 5. The van der Waals surface area contributed by atoms with Crippen molar-refractivity contribution >= 4 is 27.3 Å². The zero-order valence-corrected chi connectivity index (χ0v) is 16.6. The average molecular weight is 405 g/mol. The van der Waals surface area contributed by atoms with E-state index in [0.717, 1.165) is 22.5 Å². The first-order chi connectivity index (χ1) is 13.2. The molecule has 0 bridgehead atoms. The number of nitrogens with one attached hydrogen (secondary N) is 1. The summed E-state index contributed by atoms with van der Waals surface area (Å²) in [5.41, 5.74) is 1.27. The highest BCUT2D eigenvalue weighted by Gasteiger charge is 2.25. The van der Waals surface area contributed by atoms with Gasteiger partial charge in [-0.2, -0.15) is 0 Å². The molecule has 150 valence electrons. The molecule has 0 unspecified atom stereocenters. The Hall–Kier alpha value is -2.94. The number of sulfonamides is 1. The van der Waals surface area contributed by atoms with E-state index < -0.39 is 27.4 Å². The molecule has 0 heterocycles. The Labute approximate surface area is 164 Å². The number of rotatable bonds is 9. The van der Waals surface area contributed by atoms with Crippen molar-refractivity contribution < 1.29 is 18.1 Å². The summed E-state index contributed by atoms with van der Waals surface area (Å²) in [6.45, 7) is 1.43. The number of anilines is 1. The maximum atomic E-state index is 12.3. The van der Waals surface area contributed by atoms with Gasteiger partial charge in [0.25, 0.3) is 5.69 Å². The molecule has 0 aliphatic rings. The van der Waals surface area contributed by atoms with Gasteiger partial charge in [0, 0.05) is 12.6 Å². The number of carbonyl (C=O) groups excluding carboxylic acids is 1. The fraction of sp³-hybridized carbons (Fsp3) is 0.316. The number of nitro benzene ring substituents is 1.